The van der Waals surface area contributed by atoms with E-state index in [2.05, 4.69) is 56.1 Å². The van der Waals surface area contributed by atoms with Gasteiger partial charge in [0.15, 0.2) is 0 Å². The third-order valence-electron chi connectivity index (χ3n) is 6.57. The predicted molar refractivity (Wildman–Crippen MR) is 127 cm³/mol. The highest BCUT2D eigenvalue weighted by molar-refractivity contribution is 5.76. The lowest BCUT2D eigenvalue weighted by Crippen LogP contribution is -2.05. The predicted octanol–water partition coefficient (Wildman–Crippen LogP) is 6.55. The number of ether oxygens (including phenoxy) is 3. The van der Waals surface area contributed by atoms with Crippen LogP contribution in [0.3, 0.4) is 0 Å². The largest absolute Gasteiger partial charge is 0.494 e. The van der Waals surface area contributed by atoms with Crippen molar-refractivity contribution in [1.29, 1.82) is 0 Å². The first-order valence-corrected chi connectivity index (χ1v) is 11.8. The Morgan fingerprint density at radius 2 is 1.94 bits per heavy atom. The standard InChI is InChI=1S/C28H31NO3/c1-4-5-12-30-21-14-18(2)28(19(3)15-21)24-8-6-7-23-22(24)9-10-25(23)32-27-16-26-20(17-29-27)11-13-31-26/h6-8,14-17,25H,4-5,9-13H2,1-3H3. The van der Waals surface area contributed by atoms with Gasteiger partial charge in [0.25, 0.3) is 0 Å². The van der Waals surface area contributed by atoms with Crippen molar-refractivity contribution in [2.75, 3.05) is 13.2 Å². The minimum Gasteiger partial charge on any atom is -0.494 e. The maximum absolute atomic E-state index is 6.34. The lowest BCUT2D eigenvalue weighted by Gasteiger charge is -2.18. The molecule has 1 aromatic heterocycles. The molecule has 4 nitrogen and oxygen atoms in total. The molecule has 0 bridgehead atoms. The maximum atomic E-state index is 6.34. The van der Waals surface area contributed by atoms with Crippen LogP contribution in [-0.4, -0.2) is 18.2 Å². The third-order valence-corrected chi connectivity index (χ3v) is 6.57. The van der Waals surface area contributed by atoms with Crippen LogP contribution in [0.5, 0.6) is 17.4 Å². The molecular formula is C28H31NO3. The first-order valence-electron chi connectivity index (χ1n) is 11.8. The van der Waals surface area contributed by atoms with Gasteiger partial charge in [-0.1, -0.05) is 31.5 Å². The molecule has 3 aromatic rings. The molecule has 0 radical (unpaired) electrons. The smallest absolute Gasteiger partial charge is 0.217 e. The number of fused-ring (bicyclic) bond motifs is 2. The summed E-state index contributed by atoms with van der Waals surface area (Å²) in [6, 6.07) is 12.9. The molecule has 4 heteroatoms. The van der Waals surface area contributed by atoms with Crippen LogP contribution in [0, 0.1) is 13.8 Å². The molecule has 2 aromatic carbocycles. The second kappa shape index (κ2) is 8.85. The Hall–Kier alpha value is -3.01. The third kappa shape index (κ3) is 3.94. The molecule has 0 spiro atoms. The average Bonchev–Trinajstić information content (AvgIpc) is 3.41. The molecule has 0 saturated heterocycles. The van der Waals surface area contributed by atoms with Crippen molar-refractivity contribution in [3.05, 3.63) is 70.4 Å². The Kier molecular flexibility index (Phi) is 5.77. The fourth-order valence-electron chi connectivity index (χ4n) is 4.99. The van der Waals surface area contributed by atoms with Crippen molar-refractivity contribution in [1.82, 2.24) is 4.98 Å². The minimum atomic E-state index is 0.0224. The summed E-state index contributed by atoms with van der Waals surface area (Å²) in [6.07, 6.45) is 7.03. The van der Waals surface area contributed by atoms with Crippen molar-refractivity contribution in [3.8, 4) is 28.5 Å². The summed E-state index contributed by atoms with van der Waals surface area (Å²) in [5, 5.41) is 0. The van der Waals surface area contributed by atoms with Gasteiger partial charge in [-0.2, -0.15) is 0 Å². The van der Waals surface area contributed by atoms with E-state index in [9.17, 15) is 0 Å². The molecule has 2 aliphatic rings. The number of hydrogen-bond acceptors (Lipinski definition) is 4. The molecule has 1 aliphatic heterocycles. The van der Waals surface area contributed by atoms with Gasteiger partial charge in [-0.15, -0.1) is 0 Å². The fourth-order valence-corrected chi connectivity index (χ4v) is 4.99. The first-order chi connectivity index (χ1) is 15.6. The number of pyridine rings is 1. The lowest BCUT2D eigenvalue weighted by molar-refractivity contribution is 0.198. The van der Waals surface area contributed by atoms with Gasteiger partial charge < -0.3 is 14.2 Å². The molecule has 0 N–H and O–H groups in total. The number of aromatic nitrogens is 1. The maximum Gasteiger partial charge on any atom is 0.217 e. The molecule has 0 saturated carbocycles. The SMILES string of the molecule is CCCCOc1cc(C)c(-c2cccc3c2CCC3Oc2cc3c(cn2)CCO3)c(C)c1. The van der Waals surface area contributed by atoms with Crippen LogP contribution < -0.4 is 14.2 Å². The minimum absolute atomic E-state index is 0.0224. The van der Waals surface area contributed by atoms with Gasteiger partial charge in [0.2, 0.25) is 5.88 Å². The molecular weight excluding hydrogens is 398 g/mol. The van der Waals surface area contributed by atoms with E-state index in [1.807, 2.05) is 12.3 Å². The molecule has 5 rings (SSSR count). The molecule has 166 valence electrons. The van der Waals surface area contributed by atoms with Gasteiger partial charge in [0.1, 0.15) is 17.6 Å². The zero-order valence-electron chi connectivity index (χ0n) is 19.2. The van der Waals surface area contributed by atoms with E-state index >= 15 is 0 Å². The van der Waals surface area contributed by atoms with E-state index in [0.717, 1.165) is 56.8 Å². The van der Waals surface area contributed by atoms with Gasteiger partial charge in [0, 0.05) is 24.2 Å². The molecule has 32 heavy (non-hydrogen) atoms. The number of aryl methyl sites for hydroxylation is 2. The Labute approximate surface area is 190 Å². The van der Waals surface area contributed by atoms with Crippen molar-refractivity contribution < 1.29 is 14.2 Å². The number of hydrogen-bond donors (Lipinski definition) is 0. The molecule has 1 unspecified atom stereocenters. The average molecular weight is 430 g/mol. The van der Waals surface area contributed by atoms with Gasteiger partial charge in [-0.3, -0.25) is 0 Å². The van der Waals surface area contributed by atoms with E-state index in [1.165, 1.54) is 38.9 Å². The van der Waals surface area contributed by atoms with Gasteiger partial charge in [-0.05, 0) is 78.6 Å². The van der Waals surface area contributed by atoms with Crippen molar-refractivity contribution in [3.63, 3.8) is 0 Å². The normalized spacial score (nSPS) is 16.4. The Morgan fingerprint density at radius 3 is 2.75 bits per heavy atom. The van der Waals surface area contributed by atoms with E-state index in [-0.39, 0.29) is 6.10 Å². The van der Waals surface area contributed by atoms with Crippen LogP contribution in [0.4, 0.5) is 0 Å². The van der Waals surface area contributed by atoms with Crippen LogP contribution in [0.2, 0.25) is 0 Å². The summed E-state index contributed by atoms with van der Waals surface area (Å²) in [6.45, 7) is 8.06. The number of rotatable bonds is 7. The van der Waals surface area contributed by atoms with Crippen molar-refractivity contribution in [2.45, 2.75) is 59.0 Å². The van der Waals surface area contributed by atoms with Crippen molar-refractivity contribution >= 4 is 0 Å². The summed E-state index contributed by atoms with van der Waals surface area (Å²) in [5.74, 6) is 2.53. The summed E-state index contributed by atoms with van der Waals surface area (Å²) < 4.78 is 18.0. The number of benzene rings is 2. The molecule has 0 amide bonds. The fraction of sp³-hybridized carbons (Fsp3) is 0.393. The zero-order valence-corrected chi connectivity index (χ0v) is 19.2. The lowest BCUT2D eigenvalue weighted by atomic mass is 9.90. The molecule has 1 atom stereocenters. The Balaban J connectivity index is 1.42. The Morgan fingerprint density at radius 1 is 1.09 bits per heavy atom. The quantitative estimate of drug-likeness (QED) is 0.400. The second-order valence-electron chi connectivity index (χ2n) is 8.88. The van der Waals surface area contributed by atoms with Crippen LogP contribution in [-0.2, 0) is 12.8 Å². The van der Waals surface area contributed by atoms with Crippen LogP contribution >= 0.6 is 0 Å². The van der Waals surface area contributed by atoms with E-state index in [0.29, 0.717) is 5.88 Å². The first kappa shape index (κ1) is 20.9. The summed E-state index contributed by atoms with van der Waals surface area (Å²) in [5.41, 5.74) is 8.97. The van der Waals surface area contributed by atoms with Crippen LogP contribution in [0.25, 0.3) is 11.1 Å². The molecule has 1 aliphatic carbocycles. The van der Waals surface area contributed by atoms with Gasteiger partial charge in [0.05, 0.1) is 13.2 Å². The van der Waals surface area contributed by atoms with E-state index < -0.39 is 0 Å². The van der Waals surface area contributed by atoms with E-state index in [4.69, 9.17) is 14.2 Å². The highest BCUT2D eigenvalue weighted by Crippen LogP contribution is 2.42. The van der Waals surface area contributed by atoms with Crippen LogP contribution in [0.1, 0.15) is 60.1 Å². The highest BCUT2D eigenvalue weighted by atomic mass is 16.5. The number of unbranched alkanes of at least 4 members (excludes halogenated alkanes) is 1. The summed E-state index contributed by atoms with van der Waals surface area (Å²) >= 11 is 0. The molecule has 2 heterocycles. The van der Waals surface area contributed by atoms with Crippen LogP contribution in [0.15, 0.2) is 42.6 Å². The zero-order chi connectivity index (χ0) is 22.1. The second-order valence-corrected chi connectivity index (χ2v) is 8.88. The summed E-state index contributed by atoms with van der Waals surface area (Å²) in [7, 11) is 0. The van der Waals surface area contributed by atoms with E-state index in [1.54, 1.807) is 0 Å². The number of nitrogens with zero attached hydrogens (tertiary/aromatic N) is 1. The molecule has 0 fully saturated rings. The van der Waals surface area contributed by atoms with Gasteiger partial charge >= 0.3 is 0 Å². The summed E-state index contributed by atoms with van der Waals surface area (Å²) in [4.78, 5) is 4.52. The highest BCUT2D eigenvalue weighted by Gasteiger charge is 2.28. The van der Waals surface area contributed by atoms with Crippen molar-refractivity contribution in [2.24, 2.45) is 0 Å². The monoisotopic (exact) mass is 429 g/mol. The Bertz CT molecular complexity index is 1110. The van der Waals surface area contributed by atoms with Gasteiger partial charge in [-0.25, -0.2) is 4.98 Å². The topological polar surface area (TPSA) is 40.6 Å².